The second kappa shape index (κ2) is 4.79. The number of fused-ring (bicyclic) bond motifs is 1. The van der Waals surface area contributed by atoms with Gasteiger partial charge in [0.1, 0.15) is 6.04 Å². The van der Waals surface area contributed by atoms with E-state index in [0.717, 1.165) is 19.4 Å². The van der Waals surface area contributed by atoms with E-state index in [9.17, 15) is 4.79 Å². The van der Waals surface area contributed by atoms with Crippen molar-refractivity contribution in [2.45, 2.75) is 51.1 Å². The molecule has 0 bridgehead atoms. The van der Waals surface area contributed by atoms with Crippen LogP contribution in [-0.2, 0) is 9.53 Å². The van der Waals surface area contributed by atoms with Crippen LogP contribution in [0.1, 0.15) is 39.0 Å². The second-order valence-corrected chi connectivity index (χ2v) is 4.39. The molecule has 15 heavy (non-hydrogen) atoms. The molecule has 2 fully saturated rings. The number of piperidine rings is 1. The van der Waals surface area contributed by atoms with Crippen LogP contribution >= 0.6 is 0 Å². The lowest BCUT2D eigenvalue weighted by Crippen LogP contribution is -2.43. The molecule has 3 heteroatoms. The Labute approximate surface area is 91.1 Å². The van der Waals surface area contributed by atoms with Gasteiger partial charge in [-0.2, -0.15) is 0 Å². The highest BCUT2D eigenvalue weighted by molar-refractivity contribution is 5.76. The van der Waals surface area contributed by atoms with E-state index >= 15 is 0 Å². The molecule has 2 heterocycles. The summed E-state index contributed by atoms with van der Waals surface area (Å²) < 4.78 is 5.06. The van der Waals surface area contributed by atoms with Gasteiger partial charge in [-0.05, 0) is 39.2 Å². The largest absolute Gasteiger partial charge is 0.434 e. The fraction of sp³-hybridized carbons (Fsp3) is 0.750. The first-order valence-electron chi connectivity index (χ1n) is 5.90. The first-order chi connectivity index (χ1) is 7.33. The van der Waals surface area contributed by atoms with Crippen LogP contribution in [0.5, 0.6) is 0 Å². The van der Waals surface area contributed by atoms with E-state index in [1.807, 2.05) is 6.92 Å². The topological polar surface area (TPSA) is 29.5 Å². The number of esters is 1. The number of nitrogens with zero attached hydrogens (tertiary/aromatic N) is 1. The van der Waals surface area contributed by atoms with Gasteiger partial charge in [0.2, 0.25) is 0 Å². The summed E-state index contributed by atoms with van der Waals surface area (Å²) in [6, 6.07) is 0.661. The van der Waals surface area contributed by atoms with Crippen molar-refractivity contribution in [3.8, 4) is 0 Å². The van der Waals surface area contributed by atoms with Crippen LogP contribution in [0, 0.1) is 0 Å². The van der Waals surface area contributed by atoms with E-state index in [1.165, 1.54) is 25.5 Å². The summed E-state index contributed by atoms with van der Waals surface area (Å²) in [6.07, 6.45) is 9.17. The third-order valence-corrected chi connectivity index (χ3v) is 3.44. The average Bonchev–Trinajstić information content (AvgIpc) is 2.69. The summed E-state index contributed by atoms with van der Waals surface area (Å²) in [4.78, 5) is 14.1. The Bertz CT molecular complexity index is 262. The molecule has 0 aliphatic carbocycles. The highest BCUT2D eigenvalue weighted by Crippen LogP contribution is 2.31. The third-order valence-electron chi connectivity index (χ3n) is 3.44. The number of ether oxygens (including phenoxy) is 1. The Morgan fingerprint density at radius 2 is 2.20 bits per heavy atom. The minimum absolute atomic E-state index is 0.0199. The number of carbonyl (C=O) groups excluding carboxylic acids is 1. The molecule has 2 rings (SSSR count). The lowest BCUT2D eigenvalue weighted by atomic mass is 10.0. The van der Waals surface area contributed by atoms with Gasteiger partial charge in [0.15, 0.2) is 0 Å². The molecule has 2 aliphatic rings. The summed E-state index contributed by atoms with van der Waals surface area (Å²) in [5.41, 5.74) is 0. The molecule has 0 amide bonds. The zero-order valence-corrected chi connectivity index (χ0v) is 9.32. The van der Waals surface area contributed by atoms with E-state index in [2.05, 4.69) is 4.90 Å². The summed E-state index contributed by atoms with van der Waals surface area (Å²) >= 11 is 0. The lowest BCUT2D eigenvalue weighted by Gasteiger charge is -2.32. The molecule has 0 radical (unpaired) electrons. The van der Waals surface area contributed by atoms with Crippen molar-refractivity contribution < 1.29 is 9.53 Å². The molecule has 2 atom stereocenters. The Balaban J connectivity index is 1.95. The Morgan fingerprint density at radius 1 is 1.33 bits per heavy atom. The van der Waals surface area contributed by atoms with Crippen molar-refractivity contribution in [2.75, 3.05) is 6.54 Å². The van der Waals surface area contributed by atoms with Gasteiger partial charge in [-0.25, -0.2) is 4.79 Å². The molecule has 0 aromatic carbocycles. The van der Waals surface area contributed by atoms with Crippen molar-refractivity contribution >= 4 is 5.97 Å². The van der Waals surface area contributed by atoms with Gasteiger partial charge in [-0.15, -0.1) is 0 Å². The standard InChI is InChI=1S/C12H19NO2/c1-2-9-15-12(14)11-7-6-10-5-3-4-8-13(10)11/h2,9-11H,3-8H2,1H3/b9-2-. The second-order valence-electron chi connectivity index (χ2n) is 4.39. The van der Waals surface area contributed by atoms with E-state index in [4.69, 9.17) is 4.74 Å². The summed E-state index contributed by atoms with van der Waals surface area (Å²) in [7, 11) is 0. The van der Waals surface area contributed by atoms with Crippen LogP contribution in [0.25, 0.3) is 0 Å². The maximum Gasteiger partial charge on any atom is 0.328 e. The van der Waals surface area contributed by atoms with E-state index < -0.39 is 0 Å². The SMILES string of the molecule is C/C=C\OC(=O)C1CCC2CCCCN21. The van der Waals surface area contributed by atoms with Crippen molar-refractivity contribution in [3.05, 3.63) is 12.3 Å². The maximum absolute atomic E-state index is 11.7. The van der Waals surface area contributed by atoms with Crippen LogP contribution in [-0.4, -0.2) is 29.5 Å². The first kappa shape index (κ1) is 10.7. The molecule has 0 spiro atoms. The minimum Gasteiger partial charge on any atom is -0.434 e. The van der Waals surface area contributed by atoms with Gasteiger partial charge in [0, 0.05) is 6.04 Å². The molecule has 84 valence electrons. The lowest BCUT2D eigenvalue weighted by molar-refractivity contribution is -0.144. The van der Waals surface area contributed by atoms with Gasteiger partial charge in [-0.3, -0.25) is 4.90 Å². The summed E-state index contributed by atoms with van der Waals surface area (Å²) in [5.74, 6) is -0.0718. The molecular weight excluding hydrogens is 190 g/mol. The molecule has 2 saturated heterocycles. The maximum atomic E-state index is 11.7. The number of allylic oxidation sites excluding steroid dienone is 1. The Morgan fingerprint density at radius 3 is 3.00 bits per heavy atom. The zero-order chi connectivity index (χ0) is 10.7. The predicted octanol–water partition coefficient (Wildman–Crippen LogP) is 2.08. The van der Waals surface area contributed by atoms with Crippen LogP contribution in [0.15, 0.2) is 12.3 Å². The van der Waals surface area contributed by atoms with Crippen molar-refractivity contribution in [2.24, 2.45) is 0 Å². The van der Waals surface area contributed by atoms with Crippen molar-refractivity contribution in [1.29, 1.82) is 0 Å². The van der Waals surface area contributed by atoms with Crippen molar-refractivity contribution in [1.82, 2.24) is 4.90 Å². The van der Waals surface area contributed by atoms with E-state index in [0.29, 0.717) is 6.04 Å². The van der Waals surface area contributed by atoms with Crippen LogP contribution < -0.4 is 0 Å². The first-order valence-corrected chi connectivity index (χ1v) is 5.90. The predicted molar refractivity (Wildman–Crippen MR) is 58.3 cm³/mol. The average molecular weight is 209 g/mol. The molecule has 0 aromatic rings. The minimum atomic E-state index is -0.0718. The van der Waals surface area contributed by atoms with Gasteiger partial charge >= 0.3 is 5.97 Å². The highest BCUT2D eigenvalue weighted by Gasteiger charge is 2.39. The monoisotopic (exact) mass is 209 g/mol. The van der Waals surface area contributed by atoms with Crippen LogP contribution in [0.2, 0.25) is 0 Å². The normalized spacial score (nSPS) is 31.8. The van der Waals surface area contributed by atoms with Crippen LogP contribution in [0.3, 0.4) is 0 Å². The Kier molecular flexibility index (Phi) is 3.41. The van der Waals surface area contributed by atoms with Crippen LogP contribution in [0.4, 0.5) is 0 Å². The zero-order valence-electron chi connectivity index (χ0n) is 9.32. The van der Waals surface area contributed by atoms with Gasteiger partial charge < -0.3 is 4.74 Å². The van der Waals surface area contributed by atoms with Gasteiger partial charge in [0.05, 0.1) is 6.26 Å². The summed E-state index contributed by atoms with van der Waals surface area (Å²) in [5, 5.41) is 0. The molecular formula is C12H19NO2. The summed E-state index contributed by atoms with van der Waals surface area (Å²) in [6.45, 7) is 2.92. The van der Waals surface area contributed by atoms with E-state index in [1.54, 1.807) is 6.08 Å². The molecule has 0 aromatic heterocycles. The number of rotatable bonds is 2. The molecule has 2 unspecified atom stereocenters. The number of hydrogen-bond donors (Lipinski definition) is 0. The van der Waals surface area contributed by atoms with Crippen molar-refractivity contribution in [3.63, 3.8) is 0 Å². The Hall–Kier alpha value is -0.830. The fourth-order valence-electron chi connectivity index (χ4n) is 2.73. The third kappa shape index (κ3) is 2.23. The molecule has 2 aliphatic heterocycles. The van der Waals surface area contributed by atoms with Gasteiger partial charge in [-0.1, -0.05) is 12.5 Å². The highest BCUT2D eigenvalue weighted by atomic mass is 16.5. The molecule has 0 saturated carbocycles. The fourth-order valence-corrected chi connectivity index (χ4v) is 2.73. The smallest absolute Gasteiger partial charge is 0.328 e. The number of carbonyl (C=O) groups is 1. The number of hydrogen-bond acceptors (Lipinski definition) is 3. The van der Waals surface area contributed by atoms with Gasteiger partial charge in [0.25, 0.3) is 0 Å². The molecule has 0 N–H and O–H groups in total. The van der Waals surface area contributed by atoms with E-state index in [-0.39, 0.29) is 12.0 Å². The quantitative estimate of drug-likeness (QED) is 0.515. The molecule has 3 nitrogen and oxygen atoms in total.